The van der Waals surface area contributed by atoms with Crippen molar-refractivity contribution in [3.63, 3.8) is 0 Å². The van der Waals surface area contributed by atoms with Crippen molar-refractivity contribution in [2.45, 2.75) is 51.6 Å². The molecule has 2 rings (SSSR count). The highest BCUT2D eigenvalue weighted by Crippen LogP contribution is 2.26. The number of pyridine rings is 1. The zero-order chi connectivity index (χ0) is 12.3. The highest BCUT2D eigenvalue weighted by Gasteiger charge is 2.21. The van der Waals surface area contributed by atoms with Gasteiger partial charge in [-0.15, -0.1) is 0 Å². The molecule has 0 aromatic carbocycles. The van der Waals surface area contributed by atoms with Crippen LogP contribution in [0.15, 0.2) is 18.3 Å². The fourth-order valence-electron chi connectivity index (χ4n) is 2.60. The second kappa shape index (κ2) is 5.50. The van der Waals surface area contributed by atoms with Gasteiger partial charge in [0.2, 0.25) is 0 Å². The maximum Gasteiger partial charge on any atom is 0.0569 e. The predicted molar refractivity (Wildman–Crippen MR) is 72.1 cm³/mol. The van der Waals surface area contributed by atoms with Crippen LogP contribution in [-0.2, 0) is 0 Å². The molecule has 1 aliphatic rings. The summed E-state index contributed by atoms with van der Waals surface area (Å²) in [6, 6.07) is 4.93. The fraction of sp³-hybridized carbons (Fsp3) is 0.643. The van der Waals surface area contributed by atoms with Crippen LogP contribution >= 0.6 is 0 Å². The summed E-state index contributed by atoms with van der Waals surface area (Å²) >= 11 is 0. The van der Waals surface area contributed by atoms with E-state index in [1.807, 2.05) is 13.1 Å². The third-order valence-electron chi connectivity index (χ3n) is 3.67. The van der Waals surface area contributed by atoms with Crippen LogP contribution in [0.2, 0.25) is 0 Å². The summed E-state index contributed by atoms with van der Waals surface area (Å²) in [5, 5.41) is 0. The standard InChI is InChI=1S/C14H23N3/c1-3-12-6-4-5-9-17(12)13-7-8-14(11(2)15)16-10-13/h7-8,10-12H,3-6,9,15H2,1-2H3. The average Bonchev–Trinajstić information content (AvgIpc) is 2.39. The molecule has 1 fully saturated rings. The zero-order valence-corrected chi connectivity index (χ0v) is 10.9. The van der Waals surface area contributed by atoms with E-state index in [-0.39, 0.29) is 6.04 Å². The first-order chi connectivity index (χ1) is 8.22. The number of anilines is 1. The lowest BCUT2D eigenvalue weighted by Gasteiger charge is -2.37. The van der Waals surface area contributed by atoms with Gasteiger partial charge in [0.05, 0.1) is 17.6 Å². The number of aromatic nitrogens is 1. The van der Waals surface area contributed by atoms with Gasteiger partial charge in [-0.3, -0.25) is 4.98 Å². The van der Waals surface area contributed by atoms with E-state index in [2.05, 4.69) is 28.9 Å². The smallest absolute Gasteiger partial charge is 0.0569 e. The molecule has 1 aromatic heterocycles. The Labute approximate surface area is 104 Å². The molecule has 17 heavy (non-hydrogen) atoms. The Balaban J connectivity index is 2.15. The average molecular weight is 233 g/mol. The van der Waals surface area contributed by atoms with E-state index in [0.717, 1.165) is 12.2 Å². The number of piperidine rings is 1. The summed E-state index contributed by atoms with van der Waals surface area (Å²) in [5.74, 6) is 0. The Morgan fingerprint density at radius 1 is 1.47 bits per heavy atom. The van der Waals surface area contributed by atoms with E-state index in [9.17, 15) is 0 Å². The molecule has 3 nitrogen and oxygen atoms in total. The Kier molecular flexibility index (Phi) is 4.00. The Hall–Kier alpha value is -1.09. The molecule has 0 saturated carbocycles. The summed E-state index contributed by atoms with van der Waals surface area (Å²) in [6.45, 7) is 5.40. The molecule has 2 atom stereocenters. The number of hydrogen-bond acceptors (Lipinski definition) is 3. The summed E-state index contributed by atoms with van der Waals surface area (Å²) in [5.41, 5.74) is 8.04. The van der Waals surface area contributed by atoms with Crippen molar-refractivity contribution >= 4 is 5.69 Å². The maximum atomic E-state index is 5.82. The minimum atomic E-state index is 0.0207. The molecule has 0 radical (unpaired) electrons. The lowest BCUT2D eigenvalue weighted by molar-refractivity contribution is 0.449. The van der Waals surface area contributed by atoms with Crippen LogP contribution in [0.1, 0.15) is 51.3 Å². The van der Waals surface area contributed by atoms with Crippen LogP contribution in [0.4, 0.5) is 5.69 Å². The lowest BCUT2D eigenvalue weighted by Crippen LogP contribution is -2.39. The molecule has 1 saturated heterocycles. The molecule has 1 aromatic rings. The summed E-state index contributed by atoms with van der Waals surface area (Å²) < 4.78 is 0. The van der Waals surface area contributed by atoms with Gasteiger partial charge in [-0.2, -0.15) is 0 Å². The largest absolute Gasteiger partial charge is 0.367 e. The number of hydrogen-bond donors (Lipinski definition) is 1. The van der Waals surface area contributed by atoms with Crippen molar-refractivity contribution in [1.29, 1.82) is 0 Å². The van der Waals surface area contributed by atoms with Gasteiger partial charge in [0.15, 0.2) is 0 Å². The normalized spacial score (nSPS) is 22.5. The number of rotatable bonds is 3. The van der Waals surface area contributed by atoms with Gasteiger partial charge in [-0.05, 0) is 44.7 Å². The number of nitrogens with two attached hydrogens (primary N) is 1. The maximum absolute atomic E-state index is 5.82. The Morgan fingerprint density at radius 2 is 2.29 bits per heavy atom. The second-order valence-electron chi connectivity index (χ2n) is 4.98. The molecule has 94 valence electrons. The molecule has 1 aliphatic heterocycles. The molecule has 2 unspecified atom stereocenters. The van der Waals surface area contributed by atoms with Crippen molar-refractivity contribution in [1.82, 2.24) is 4.98 Å². The van der Waals surface area contributed by atoms with Crippen molar-refractivity contribution in [3.8, 4) is 0 Å². The third-order valence-corrected chi connectivity index (χ3v) is 3.67. The molecule has 0 aliphatic carbocycles. The van der Waals surface area contributed by atoms with Crippen molar-refractivity contribution in [3.05, 3.63) is 24.0 Å². The lowest BCUT2D eigenvalue weighted by atomic mass is 9.99. The van der Waals surface area contributed by atoms with Crippen LogP contribution in [0, 0.1) is 0 Å². The van der Waals surface area contributed by atoms with Crippen molar-refractivity contribution in [2.24, 2.45) is 5.73 Å². The van der Waals surface area contributed by atoms with E-state index in [0.29, 0.717) is 6.04 Å². The SMILES string of the molecule is CCC1CCCCN1c1ccc(C(C)N)nc1. The Morgan fingerprint density at radius 3 is 2.88 bits per heavy atom. The van der Waals surface area contributed by atoms with Gasteiger partial charge < -0.3 is 10.6 Å². The minimum Gasteiger partial charge on any atom is -0.367 e. The fourth-order valence-corrected chi connectivity index (χ4v) is 2.60. The van der Waals surface area contributed by atoms with Crippen LogP contribution in [0.5, 0.6) is 0 Å². The minimum absolute atomic E-state index is 0.0207. The van der Waals surface area contributed by atoms with E-state index in [4.69, 9.17) is 5.73 Å². The van der Waals surface area contributed by atoms with E-state index in [1.165, 1.54) is 31.4 Å². The van der Waals surface area contributed by atoms with Crippen LogP contribution in [0.25, 0.3) is 0 Å². The predicted octanol–water partition coefficient (Wildman–Crippen LogP) is 2.87. The summed E-state index contributed by atoms with van der Waals surface area (Å²) in [6.07, 6.45) is 7.17. The molecule has 2 heterocycles. The first-order valence-corrected chi connectivity index (χ1v) is 6.70. The number of nitrogens with zero attached hydrogens (tertiary/aromatic N) is 2. The van der Waals surface area contributed by atoms with Crippen LogP contribution < -0.4 is 10.6 Å². The summed E-state index contributed by atoms with van der Waals surface area (Å²) in [7, 11) is 0. The van der Waals surface area contributed by atoms with Gasteiger partial charge in [0.25, 0.3) is 0 Å². The first kappa shape index (κ1) is 12.4. The van der Waals surface area contributed by atoms with Gasteiger partial charge >= 0.3 is 0 Å². The highest BCUT2D eigenvalue weighted by molar-refractivity contribution is 5.46. The van der Waals surface area contributed by atoms with Gasteiger partial charge in [0.1, 0.15) is 0 Å². The van der Waals surface area contributed by atoms with E-state index >= 15 is 0 Å². The Bertz CT molecular complexity index is 345. The molecule has 0 bridgehead atoms. The molecular weight excluding hydrogens is 210 g/mol. The molecule has 0 spiro atoms. The third kappa shape index (κ3) is 2.78. The van der Waals surface area contributed by atoms with Crippen LogP contribution in [-0.4, -0.2) is 17.6 Å². The topological polar surface area (TPSA) is 42.1 Å². The van der Waals surface area contributed by atoms with Gasteiger partial charge in [0, 0.05) is 18.6 Å². The zero-order valence-electron chi connectivity index (χ0n) is 10.9. The monoisotopic (exact) mass is 233 g/mol. The summed E-state index contributed by atoms with van der Waals surface area (Å²) in [4.78, 5) is 6.96. The van der Waals surface area contributed by atoms with Crippen LogP contribution in [0.3, 0.4) is 0 Å². The molecule has 3 heteroatoms. The quantitative estimate of drug-likeness (QED) is 0.873. The van der Waals surface area contributed by atoms with Crippen molar-refractivity contribution in [2.75, 3.05) is 11.4 Å². The first-order valence-electron chi connectivity index (χ1n) is 6.70. The molecule has 0 amide bonds. The van der Waals surface area contributed by atoms with Gasteiger partial charge in [-0.25, -0.2) is 0 Å². The highest BCUT2D eigenvalue weighted by atomic mass is 15.2. The van der Waals surface area contributed by atoms with E-state index < -0.39 is 0 Å². The van der Waals surface area contributed by atoms with Crippen molar-refractivity contribution < 1.29 is 0 Å². The second-order valence-corrected chi connectivity index (χ2v) is 4.98. The van der Waals surface area contributed by atoms with E-state index in [1.54, 1.807) is 0 Å². The van der Waals surface area contributed by atoms with Gasteiger partial charge in [-0.1, -0.05) is 6.92 Å². The molecular formula is C14H23N3. The molecule has 2 N–H and O–H groups in total.